The fraction of sp³-hybridized carbons (Fsp3) is 0.350. The normalized spacial score (nSPS) is 15.6. The smallest absolute Gasteiger partial charge is 0.416 e. The quantitative estimate of drug-likeness (QED) is 0.814. The van der Waals surface area contributed by atoms with Crippen LogP contribution >= 0.6 is 0 Å². The Morgan fingerprint density at radius 3 is 2.22 bits per heavy atom. The van der Waals surface area contributed by atoms with Gasteiger partial charge in [0.2, 0.25) is 0 Å². The molecule has 3 rings (SSSR count). The molecule has 0 saturated carbocycles. The average Bonchev–Trinajstić information content (AvgIpc) is 2.68. The number of carbonyl (C=O) groups excluding carboxylic acids is 1. The Hall–Kier alpha value is -2.54. The summed E-state index contributed by atoms with van der Waals surface area (Å²) in [6, 6.07) is 12.2. The van der Waals surface area contributed by atoms with Gasteiger partial charge in [-0.25, -0.2) is 0 Å². The van der Waals surface area contributed by atoms with E-state index >= 15 is 0 Å². The molecule has 4 nitrogen and oxygen atoms in total. The van der Waals surface area contributed by atoms with Gasteiger partial charge in [0.15, 0.2) is 0 Å². The number of alkyl halides is 3. The van der Waals surface area contributed by atoms with Crippen molar-refractivity contribution in [1.29, 1.82) is 0 Å². The van der Waals surface area contributed by atoms with Gasteiger partial charge in [0.25, 0.3) is 5.91 Å². The van der Waals surface area contributed by atoms with E-state index in [1.165, 1.54) is 12.1 Å². The number of benzene rings is 2. The first-order valence-electron chi connectivity index (χ1n) is 8.69. The van der Waals surface area contributed by atoms with Crippen molar-refractivity contribution in [2.75, 3.05) is 33.3 Å². The summed E-state index contributed by atoms with van der Waals surface area (Å²) in [5, 5.41) is 0. The third kappa shape index (κ3) is 4.60. The van der Waals surface area contributed by atoms with Crippen LogP contribution in [0.25, 0.3) is 0 Å². The van der Waals surface area contributed by atoms with Gasteiger partial charge in [0.05, 0.1) is 12.7 Å². The molecule has 144 valence electrons. The molecule has 1 aliphatic heterocycles. The van der Waals surface area contributed by atoms with Crippen LogP contribution < -0.4 is 4.74 Å². The molecular formula is C20H21F3N2O2. The van der Waals surface area contributed by atoms with E-state index in [0.717, 1.165) is 30.0 Å². The van der Waals surface area contributed by atoms with E-state index in [2.05, 4.69) is 4.90 Å². The van der Waals surface area contributed by atoms with Crippen LogP contribution in [-0.4, -0.2) is 49.0 Å². The maximum atomic E-state index is 12.6. The van der Waals surface area contributed by atoms with Crippen molar-refractivity contribution < 1.29 is 22.7 Å². The highest BCUT2D eigenvalue weighted by atomic mass is 19.4. The molecule has 27 heavy (non-hydrogen) atoms. The highest BCUT2D eigenvalue weighted by Crippen LogP contribution is 2.29. The van der Waals surface area contributed by atoms with Gasteiger partial charge in [-0.15, -0.1) is 0 Å². The monoisotopic (exact) mass is 378 g/mol. The largest absolute Gasteiger partial charge is 0.496 e. The zero-order chi connectivity index (χ0) is 19.4. The van der Waals surface area contributed by atoms with Crippen molar-refractivity contribution in [3.8, 4) is 5.75 Å². The van der Waals surface area contributed by atoms with Crippen LogP contribution in [0.5, 0.6) is 5.75 Å². The zero-order valence-electron chi connectivity index (χ0n) is 15.0. The van der Waals surface area contributed by atoms with Crippen molar-refractivity contribution in [1.82, 2.24) is 9.80 Å². The van der Waals surface area contributed by atoms with Gasteiger partial charge >= 0.3 is 6.18 Å². The summed E-state index contributed by atoms with van der Waals surface area (Å²) in [6.07, 6.45) is -4.40. The van der Waals surface area contributed by atoms with E-state index in [1.54, 1.807) is 12.0 Å². The lowest BCUT2D eigenvalue weighted by atomic mass is 10.1. The van der Waals surface area contributed by atoms with E-state index in [4.69, 9.17) is 4.74 Å². The highest BCUT2D eigenvalue weighted by molar-refractivity contribution is 5.94. The molecule has 2 aromatic rings. The number of rotatable bonds is 4. The third-order valence-corrected chi connectivity index (χ3v) is 4.71. The van der Waals surface area contributed by atoms with Crippen molar-refractivity contribution in [2.45, 2.75) is 12.7 Å². The Morgan fingerprint density at radius 2 is 1.63 bits per heavy atom. The summed E-state index contributed by atoms with van der Waals surface area (Å²) in [7, 11) is 1.64. The number of ether oxygens (including phenoxy) is 1. The molecule has 1 aliphatic rings. The number of amides is 1. The van der Waals surface area contributed by atoms with E-state index in [1.807, 2.05) is 24.3 Å². The first-order valence-corrected chi connectivity index (χ1v) is 8.69. The van der Waals surface area contributed by atoms with Crippen molar-refractivity contribution in [2.24, 2.45) is 0 Å². The topological polar surface area (TPSA) is 32.8 Å². The summed E-state index contributed by atoms with van der Waals surface area (Å²) >= 11 is 0. The molecule has 7 heteroatoms. The minimum Gasteiger partial charge on any atom is -0.496 e. The molecule has 0 atom stereocenters. The summed E-state index contributed by atoms with van der Waals surface area (Å²) in [4.78, 5) is 16.4. The molecule has 0 bridgehead atoms. The second kappa shape index (κ2) is 8.00. The fourth-order valence-corrected chi connectivity index (χ4v) is 3.17. The second-order valence-corrected chi connectivity index (χ2v) is 6.46. The SMILES string of the molecule is COc1ccccc1CN1CCN(C(=O)c2ccc(C(F)(F)F)cc2)CC1. The average molecular weight is 378 g/mol. The van der Waals surface area contributed by atoms with Gasteiger partial charge in [-0.05, 0) is 30.3 Å². The fourth-order valence-electron chi connectivity index (χ4n) is 3.17. The number of carbonyl (C=O) groups is 1. The highest BCUT2D eigenvalue weighted by Gasteiger charge is 2.30. The van der Waals surface area contributed by atoms with E-state index in [9.17, 15) is 18.0 Å². The van der Waals surface area contributed by atoms with E-state index in [0.29, 0.717) is 26.2 Å². The Kier molecular flexibility index (Phi) is 5.70. The Balaban J connectivity index is 1.58. The van der Waals surface area contributed by atoms with Crippen molar-refractivity contribution in [3.63, 3.8) is 0 Å². The molecule has 2 aromatic carbocycles. The van der Waals surface area contributed by atoms with Crippen LogP contribution in [-0.2, 0) is 12.7 Å². The Morgan fingerprint density at radius 1 is 1.00 bits per heavy atom. The Labute approximate surface area is 156 Å². The molecule has 1 amide bonds. The molecule has 1 heterocycles. The molecule has 1 saturated heterocycles. The van der Waals surface area contributed by atoms with Crippen LogP contribution in [0.4, 0.5) is 13.2 Å². The summed E-state index contributed by atoms with van der Waals surface area (Å²) in [5.41, 5.74) is 0.615. The van der Waals surface area contributed by atoms with Crippen molar-refractivity contribution in [3.05, 3.63) is 65.2 Å². The number of para-hydroxylation sites is 1. The molecular weight excluding hydrogens is 357 g/mol. The lowest BCUT2D eigenvalue weighted by molar-refractivity contribution is -0.137. The first kappa shape index (κ1) is 19.2. The molecule has 1 fully saturated rings. The van der Waals surface area contributed by atoms with Crippen molar-refractivity contribution >= 4 is 5.91 Å². The van der Waals surface area contributed by atoms with Crippen LogP contribution in [0, 0.1) is 0 Å². The van der Waals surface area contributed by atoms with Crippen LogP contribution in [0.1, 0.15) is 21.5 Å². The predicted octanol–water partition coefficient (Wildman–Crippen LogP) is 3.67. The molecule has 0 spiro atoms. The van der Waals surface area contributed by atoms with Gasteiger partial charge in [-0.2, -0.15) is 13.2 Å². The second-order valence-electron chi connectivity index (χ2n) is 6.46. The minimum absolute atomic E-state index is 0.235. The molecule has 0 unspecified atom stereocenters. The van der Waals surface area contributed by atoms with Gasteiger partial charge in [0.1, 0.15) is 5.75 Å². The predicted molar refractivity (Wildman–Crippen MR) is 95.6 cm³/mol. The summed E-state index contributed by atoms with van der Waals surface area (Å²) in [5.74, 6) is 0.599. The van der Waals surface area contributed by atoms with Crippen LogP contribution in [0.2, 0.25) is 0 Å². The lowest BCUT2D eigenvalue weighted by Crippen LogP contribution is -2.48. The lowest BCUT2D eigenvalue weighted by Gasteiger charge is -2.35. The van der Waals surface area contributed by atoms with E-state index in [-0.39, 0.29) is 11.5 Å². The number of hydrogen-bond acceptors (Lipinski definition) is 3. The number of piperazine rings is 1. The molecule has 0 aliphatic carbocycles. The van der Waals surface area contributed by atoms with E-state index < -0.39 is 11.7 Å². The maximum Gasteiger partial charge on any atom is 0.416 e. The molecule has 0 aromatic heterocycles. The minimum atomic E-state index is -4.40. The third-order valence-electron chi connectivity index (χ3n) is 4.71. The summed E-state index contributed by atoms with van der Waals surface area (Å²) < 4.78 is 43.3. The Bertz CT molecular complexity index is 783. The standard InChI is InChI=1S/C20H21F3N2O2/c1-27-18-5-3-2-4-16(18)14-24-10-12-25(13-11-24)19(26)15-6-8-17(9-7-15)20(21,22)23/h2-9H,10-14H2,1H3. The number of methoxy groups -OCH3 is 1. The number of nitrogens with zero attached hydrogens (tertiary/aromatic N) is 2. The number of hydrogen-bond donors (Lipinski definition) is 0. The van der Waals surface area contributed by atoms with Crippen LogP contribution in [0.15, 0.2) is 48.5 Å². The van der Waals surface area contributed by atoms with Gasteiger partial charge < -0.3 is 9.64 Å². The van der Waals surface area contributed by atoms with Crippen LogP contribution in [0.3, 0.4) is 0 Å². The van der Waals surface area contributed by atoms with Gasteiger partial charge in [-0.1, -0.05) is 18.2 Å². The first-order chi connectivity index (χ1) is 12.9. The van der Waals surface area contributed by atoms with Gasteiger partial charge in [0, 0.05) is 43.9 Å². The zero-order valence-corrected chi connectivity index (χ0v) is 15.0. The summed E-state index contributed by atoms with van der Waals surface area (Å²) in [6.45, 7) is 3.20. The maximum absolute atomic E-state index is 12.6. The molecule has 0 radical (unpaired) electrons. The molecule has 0 N–H and O–H groups in total. The van der Waals surface area contributed by atoms with Gasteiger partial charge in [-0.3, -0.25) is 9.69 Å². The number of halogens is 3.